The van der Waals surface area contributed by atoms with Crippen LogP contribution in [0.2, 0.25) is 0 Å². The van der Waals surface area contributed by atoms with E-state index in [1.165, 1.54) is 6.07 Å². The van der Waals surface area contributed by atoms with E-state index in [1.807, 2.05) is 6.92 Å². The summed E-state index contributed by atoms with van der Waals surface area (Å²) < 4.78 is 13.9. The fourth-order valence-corrected chi connectivity index (χ4v) is 3.08. The summed E-state index contributed by atoms with van der Waals surface area (Å²) in [7, 11) is 3.56. The highest BCUT2D eigenvalue weighted by molar-refractivity contribution is 5.74. The molecule has 0 radical (unpaired) electrons. The summed E-state index contributed by atoms with van der Waals surface area (Å²) in [5.41, 5.74) is 0.971. The summed E-state index contributed by atoms with van der Waals surface area (Å²) in [4.78, 5) is 13.7. The van der Waals surface area contributed by atoms with Gasteiger partial charge in [0.1, 0.15) is 5.82 Å². The van der Waals surface area contributed by atoms with Crippen LogP contribution >= 0.6 is 0 Å². The lowest BCUT2D eigenvalue weighted by molar-refractivity contribution is 0.121. The van der Waals surface area contributed by atoms with Crippen LogP contribution in [0.5, 0.6) is 0 Å². The van der Waals surface area contributed by atoms with Crippen LogP contribution in [0.4, 0.5) is 14.9 Å². The predicted octanol–water partition coefficient (Wildman–Crippen LogP) is 2.24. The fourth-order valence-electron chi connectivity index (χ4n) is 3.08. The van der Waals surface area contributed by atoms with Gasteiger partial charge in [-0.25, -0.2) is 9.18 Å². The Morgan fingerprint density at radius 1 is 1.48 bits per heavy atom. The monoisotopic (exact) mass is 323 g/mol. The van der Waals surface area contributed by atoms with Crippen molar-refractivity contribution in [1.29, 1.82) is 0 Å². The number of nitrogens with zero attached hydrogens (tertiary/aromatic N) is 1. The number of carbonyl (C=O) groups is 1. The van der Waals surface area contributed by atoms with Crippen molar-refractivity contribution in [2.45, 2.75) is 38.8 Å². The maximum absolute atomic E-state index is 13.9. The lowest BCUT2D eigenvalue weighted by Gasteiger charge is -2.30. The van der Waals surface area contributed by atoms with Gasteiger partial charge in [0, 0.05) is 32.1 Å². The predicted molar refractivity (Wildman–Crippen MR) is 88.9 cm³/mol. The molecule has 23 heavy (non-hydrogen) atoms. The zero-order valence-corrected chi connectivity index (χ0v) is 14.0. The smallest absolute Gasteiger partial charge is 0.315 e. The number of benzene rings is 1. The molecule has 0 heterocycles. The molecule has 0 aromatic heterocycles. The van der Waals surface area contributed by atoms with Crippen LogP contribution in [0.15, 0.2) is 18.2 Å². The fraction of sp³-hybridized carbons (Fsp3) is 0.588. The van der Waals surface area contributed by atoms with E-state index in [4.69, 9.17) is 0 Å². The second kappa shape index (κ2) is 7.17. The molecule has 1 aromatic rings. The van der Waals surface area contributed by atoms with Crippen LogP contribution in [-0.4, -0.2) is 37.9 Å². The summed E-state index contributed by atoms with van der Waals surface area (Å²) in [5, 5.41) is 15.2. The van der Waals surface area contributed by atoms with E-state index in [-0.39, 0.29) is 36.5 Å². The van der Waals surface area contributed by atoms with Gasteiger partial charge in [-0.1, -0.05) is 19.4 Å². The minimum atomic E-state index is -0.307. The molecule has 2 amide bonds. The van der Waals surface area contributed by atoms with E-state index in [0.29, 0.717) is 11.3 Å². The Bertz CT molecular complexity index is 565. The third-order valence-corrected chi connectivity index (χ3v) is 4.70. The molecule has 0 bridgehead atoms. The first kappa shape index (κ1) is 17.5. The second-order valence-electron chi connectivity index (χ2n) is 6.76. The molecule has 1 aliphatic carbocycles. The topological polar surface area (TPSA) is 64.6 Å². The largest absolute Gasteiger partial charge is 0.396 e. The number of halogens is 1. The van der Waals surface area contributed by atoms with Gasteiger partial charge in [0.05, 0.1) is 12.3 Å². The number of nitrogens with one attached hydrogen (secondary N) is 2. The molecule has 2 rings (SSSR count). The molecule has 0 spiro atoms. The Morgan fingerprint density at radius 3 is 2.83 bits per heavy atom. The number of urea groups is 1. The van der Waals surface area contributed by atoms with Crippen molar-refractivity contribution in [1.82, 2.24) is 10.6 Å². The molecule has 1 aliphatic rings. The molecular formula is C17H26FN3O2. The molecule has 1 saturated carbocycles. The van der Waals surface area contributed by atoms with Crippen LogP contribution in [0.1, 0.15) is 31.7 Å². The number of aliphatic hydroxyl groups excluding tert-OH is 1. The summed E-state index contributed by atoms with van der Waals surface area (Å²) in [6, 6.07) is 4.62. The molecule has 6 heteroatoms. The normalized spacial score (nSPS) is 23.6. The van der Waals surface area contributed by atoms with E-state index in [9.17, 15) is 14.3 Å². The number of carbonyl (C=O) groups excluding carboxylic acids is 1. The summed E-state index contributed by atoms with van der Waals surface area (Å²) >= 11 is 0. The Balaban J connectivity index is 1.88. The number of aliphatic hydroxyl groups is 1. The third kappa shape index (κ3) is 4.13. The van der Waals surface area contributed by atoms with Gasteiger partial charge < -0.3 is 20.6 Å². The van der Waals surface area contributed by atoms with Crippen LogP contribution in [0.25, 0.3) is 0 Å². The SMILES string of the molecule is CN(C)c1ccc(CNC(=O)NC2CCCC2(C)CO)cc1F. The van der Waals surface area contributed by atoms with Gasteiger partial charge in [0.25, 0.3) is 0 Å². The molecule has 2 unspecified atom stereocenters. The maximum atomic E-state index is 13.9. The van der Waals surface area contributed by atoms with Crippen molar-refractivity contribution < 1.29 is 14.3 Å². The van der Waals surface area contributed by atoms with Crippen LogP contribution < -0.4 is 15.5 Å². The number of hydrogen-bond donors (Lipinski definition) is 3. The Labute approximate surface area is 136 Å². The molecule has 1 aromatic carbocycles. The molecule has 1 fully saturated rings. The van der Waals surface area contributed by atoms with Crippen molar-refractivity contribution in [2.75, 3.05) is 25.6 Å². The zero-order valence-electron chi connectivity index (χ0n) is 14.0. The second-order valence-corrected chi connectivity index (χ2v) is 6.76. The van der Waals surface area contributed by atoms with E-state index in [0.717, 1.165) is 19.3 Å². The van der Waals surface area contributed by atoms with Gasteiger partial charge in [-0.05, 0) is 30.5 Å². The third-order valence-electron chi connectivity index (χ3n) is 4.70. The van der Waals surface area contributed by atoms with Gasteiger partial charge in [0.15, 0.2) is 0 Å². The molecule has 128 valence electrons. The first-order valence-electron chi connectivity index (χ1n) is 7.97. The van der Waals surface area contributed by atoms with Crippen LogP contribution in [0.3, 0.4) is 0 Å². The zero-order chi connectivity index (χ0) is 17.0. The number of rotatable bonds is 5. The number of anilines is 1. The van der Waals surface area contributed by atoms with Gasteiger partial charge in [-0.2, -0.15) is 0 Å². The average Bonchev–Trinajstić information content (AvgIpc) is 2.86. The van der Waals surface area contributed by atoms with Crippen LogP contribution in [-0.2, 0) is 6.54 Å². The molecular weight excluding hydrogens is 297 g/mol. The van der Waals surface area contributed by atoms with E-state index >= 15 is 0 Å². The molecule has 5 nitrogen and oxygen atoms in total. The molecule has 3 N–H and O–H groups in total. The number of amides is 2. The van der Waals surface area contributed by atoms with Gasteiger partial charge in [-0.15, -0.1) is 0 Å². The molecule has 0 aliphatic heterocycles. The highest BCUT2D eigenvalue weighted by Crippen LogP contribution is 2.37. The quantitative estimate of drug-likeness (QED) is 0.779. The van der Waals surface area contributed by atoms with Gasteiger partial charge in [0.2, 0.25) is 0 Å². The highest BCUT2D eigenvalue weighted by atomic mass is 19.1. The van der Waals surface area contributed by atoms with E-state index in [2.05, 4.69) is 10.6 Å². The van der Waals surface area contributed by atoms with E-state index in [1.54, 1.807) is 31.1 Å². The Kier molecular flexibility index (Phi) is 5.46. The van der Waals surface area contributed by atoms with Crippen molar-refractivity contribution in [3.05, 3.63) is 29.6 Å². The van der Waals surface area contributed by atoms with E-state index < -0.39 is 0 Å². The van der Waals surface area contributed by atoms with Gasteiger partial charge >= 0.3 is 6.03 Å². The Hall–Kier alpha value is -1.82. The van der Waals surface area contributed by atoms with Crippen molar-refractivity contribution in [3.63, 3.8) is 0 Å². The van der Waals surface area contributed by atoms with Crippen molar-refractivity contribution in [3.8, 4) is 0 Å². The van der Waals surface area contributed by atoms with Crippen molar-refractivity contribution in [2.24, 2.45) is 5.41 Å². The molecule has 0 saturated heterocycles. The lowest BCUT2D eigenvalue weighted by atomic mass is 9.86. The average molecular weight is 323 g/mol. The molecule has 2 atom stereocenters. The highest BCUT2D eigenvalue weighted by Gasteiger charge is 2.39. The Morgan fingerprint density at radius 2 is 2.22 bits per heavy atom. The van der Waals surface area contributed by atoms with Crippen molar-refractivity contribution >= 4 is 11.7 Å². The van der Waals surface area contributed by atoms with Crippen LogP contribution in [0, 0.1) is 11.2 Å². The lowest BCUT2D eigenvalue weighted by Crippen LogP contribution is -2.48. The minimum Gasteiger partial charge on any atom is -0.396 e. The number of hydrogen-bond acceptors (Lipinski definition) is 3. The minimum absolute atomic E-state index is 0.0275. The first-order valence-corrected chi connectivity index (χ1v) is 7.97. The summed E-state index contributed by atoms with van der Waals surface area (Å²) in [6.45, 7) is 2.31. The summed E-state index contributed by atoms with van der Waals surface area (Å²) in [5.74, 6) is -0.307. The van der Waals surface area contributed by atoms with Gasteiger partial charge in [-0.3, -0.25) is 0 Å². The maximum Gasteiger partial charge on any atom is 0.315 e. The first-order chi connectivity index (χ1) is 10.9. The summed E-state index contributed by atoms with van der Waals surface area (Å²) in [6.07, 6.45) is 2.78. The standard InChI is InChI=1S/C17H26FN3O2/c1-17(11-22)8-4-5-15(17)20-16(23)19-10-12-6-7-14(21(2)3)13(18)9-12/h6-7,9,15,22H,4-5,8,10-11H2,1-3H3,(H2,19,20,23).